The average molecular weight is 421 g/mol. The zero-order valence-corrected chi connectivity index (χ0v) is 18.7. The number of hydrogen-bond acceptors (Lipinski definition) is 5. The number of aliphatic hydroxyl groups excluding tert-OH is 2. The van der Waals surface area contributed by atoms with Crippen molar-refractivity contribution < 1.29 is 19.5 Å². The number of aliphatic hydroxyl groups is 2. The second kappa shape index (κ2) is 13.6. The number of amides is 1. The number of nitrogens with zero attached hydrogens (tertiary/aromatic N) is 1. The Balaban J connectivity index is 1.60. The molecule has 4 unspecified atom stereocenters. The van der Waals surface area contributed by atoms with E-state index in [9.17, 15) is 15.0 Å². The van der Waals surface area contributed by atoms with E-state index < -0.39 is 12.2 Å². The molecule has 0 saturated heterocycles. The third kappa shape index (κ3) is 8.60. The molecule has 1 aliphatic carbocycles. The lowest BCUT2D eigenvalue weighted by Crippen LogP contribution is -2.20. The number of aryl methyl sites for hydroxylation is 1. The van der Waals surface area contributed by atoms with Crippen LogP contribution < -0.4 is 5.32 Å². The van der Waals surface area contributed by atoms with E-state index in [1.165, 1.54) is 25.7 Å². The van der Waals surface area contributed by atoms with Gasteiger partial charge in [0, 0.05) is 24.8 Å². The highest BCUT2D eigenvalue weighted by molar-refractivity contribution is 5.89. The molecule has 0 aliphatic heterocycles. The average Bonchev–Trinajstić information content (AvgIpc) is 3.23. The number of rotatable bonds is 14. The molecule has 0 spiro atoms. The molecule has 0 radical (unpaired) electrons. The van der Waals surface area contributed by atoms with Crippen molar-refractivity contribution in [2.75, 3.05) is 5.32 Å². The number of hydrogen-bond donors (Lipinski definition) is 3. The van der Waals surface area contributed by atoms with Crippen LogP contribution in [0.15, 0.2) is 22.7 Å². The highest BCUT2D eigenvalue weighted by atomic mass is 16.5. The van der Waals surface area contributed by atoms with Crippen LogP contribution in [0.4, 0.5) is 5.88 Å². The molecule has 3 N–H and O–H groups in total. The summed E-state index contributed by atoms with van der Waals surface area (Å²) in [6.07, 6.45) is 15.3. The largest absolute Gasteiger partial charge is 0.393 e. The van der Waals surface area contributed by atoms with Gasteiger partial charge in [0.2, 0.25) is 11.8 Å². The Labute approximate surface area is 181 Å². The first-order chi connectivity index (χ1) is 14.5. The van der Waals surface area contributed by atoms with Crippen LogP contribution in [-0.4, -0.2) is 33.5 Å². The molecular formula is C24H40N2O4. The number of aromatic nitrogens is 1. The van der Waals surface area contributed by atoms with Gasteiger partial charge in [0.25, 0.3) is 0 Å². The van der Waals surface area contributed by atoms with Crippen LogP contribution in [0.25, 0.3) is 0 Å². The Morgan fingerprint density at radius 1 is 1.17 bits per heavy atom. The van der Waals surface area contributed by atoms with E-state index in [1.54, 1.807) is 6.07 Å². The van der Waals surface area contributed by atoms with Gasteiger partial charge >= 0.3 is 0 Å². The number of carbonyl (C=O) groups is 1. The molecule has 6 heteroatoms. The monoisotopic (exact) mass is 420 g/mol. The van der Waals surface area contributed by atoms with Crippen LogP contribution >= 0.6 is 0 Å². The minimum absolute atomic E-state index is 0.0513. The van der Waals surface area contributed by atoms with Crippen LogP contribution in [0.2, 0.25) is 0 Å². The van der Waals surface area contributed by atoms with Gasteiger partial charge in [-0.15, -0.1) is 0 Å². The van der Waals surface area contributed by atoms with Crippen molar-refractivity contribution in [2.24, 2.45) is 11.8 Å². The second-order valence-corrected chi connectivity index (χ2v) is 8.72. The van der Waals surface area contributed by atoms with Gasteiger partial charge in [-0.25, -0.2) is 0 Å². The lowest BCUT2D eigenvalue weighted by atomic mass is 9.88. The number of nitrogens with one attached hydrogen (secondary N) is 1. The maximum absolute atomic E-state index is 11.9. The van der Waals surface area contributed by atoms with Crippen LogP contribution in [0.1, 0.15) is 89.7 Å². The molecule has 1 saturated carbocycles. The van der Waals surface area contributed by atoms with Crippen molar-refractivity contribution >= 4 is 11.8 Å². The fraction of sp³-hybridized carbons (Fsp3) is 0.750. The summed E-state index contributed by atoms with van der Waals surface area (Å²) in [6.45, 7) is 4.03. The van der Waals surface area contributed by atoms with Crippen molar-refractivity contribution in [1.82, 2.24) is 5.16 Å². The smallest absolute Gasteiger partial charge is 0.231 e. The first kappa shape index (κ1) is 24.6. The molecule has 1 aliphatic rings. The van der Waals surface area contributed by atoms with Gasteiger partial charge in [0.05, 0.1) is 17.9 Å². The molecule has 6 nitrogen and oxygen atoms in total. The van der Waals surface area contributed by atoms with E-state index in [0.717, 1.165) is 44.2 Å². The summed E-state index contributed by atoms with van der Waals surface area (Å²) in [5, 5.41) is 27.1. The van der Waals surface area contributed by atoms with Crippen molar-refractivity contribution in [1.29, 1.82) is 0 Å². The quantitative estimate of drug-likeness (QED) is 0.286. The molecule has 170 valence electrons. The highest BCUT2D eigenvalue weighted by Gasteiger charge is 2.39. The van der Waals surface area contributed by atoms with Crippen molar-refractivity contribution in [3.63, 3.8) is 0 Å². The zero-order chi connectivity index (χ0) is 21.8. The third-order valence-corrected chi connectivity index (χ3v) is 6.08. The Kier molecular flexibility index (Phi) is 11.2. The van der Waals surface area contributed by atoms with E-state index in [0.29, 0.717) is 18.7 Å². The molecule has 1 fully saturated rings. The molecule has 0 aromatic carbocycles. The van der Waals surface area contributed by atoms with Gasteiger partial charge in [-0.3, -0.25) is 10.1 Å². The Bertz CT molecular complexity index is 643. The first-order valence-electron chi connectivity index (χ1n) is 11.8. The van der Waals surface area contributed by atoms with Gasteiger partial charge in [0.1, 0.15) is 0 Å². The van der Waals surface area contributed by atoms with Gasteiger partial charge in [0.15, 0.2) is 0 Å². The van der Waals surface area contributed by atoms with Gasteiger partial charge in [-0.2, -0.15) is 0 Å². The zero-order valence-electron chi connectivity index (χ0n) is 18.7. The highest BCUT2D eigenvalue weighted by Crippen LogP contribution is 2.37. The summed E-state index contributed by atoms with van der Waals surface area (Å²) in [7, 11) is 0. The maximum atomic E-state index is 11.9. The summed E-state index contributed by atoms with van der Waals surface area (Å²) in [5.74, 6) is 0.563. The van der Waals surface area contributed by atoms with E-state index in [1.807, 2.05) is 6.92 Å². The standard InChI is InChI=1S/C24H40N2O4/c1-3-4-5-6-7-10-13-19-20(22(28)17-21(19)27)14-11-8-9-12-15-23(29)25-24-16-18(2)26-30-24/h10,13,16,19-22,27-28H,3-9,11-12,14-15,17H2,1-2H3,(H,25,29). The lowest BCUT2D eigenvalue weighted by Gasteiger charge is -2.20. The summed E-state index contributed by atoms with van der Waals surface area (Å²) in [5.41, 5.74) is 0.745. The van der Waals surface area contributed by atoms with Crippen LogP contribution in [0, 0.1) is 18.8 Å². The predicted octanol–water partition coefficient (Wildman–Crippen LogP) is 5.15. The molecule has 0 bridgehead atoms. The Hall–Kier alpha value is -1.66. The van der Waals surface area contributed by atoms with Gasteiger partial charge < -0.3 is 14.7 Å². The number of carbonyl (C=O) groups excluding carboxylic acids is 1. The predicted molar refractivity (Wildman–Crippen MR) is 119 cm³/mol. The molecular weight excluding hydrogens is 380 g/mol. The van der Waals surface area contributed by atoms with Crippen molar-refractivity contribution in [3.05, 3.63) is 23.9 Å². The van der Waals surface area contributed by atoms with E-state index in [-0.39, 0.29) is 17.7 Å². The van der Waals surface area contributed by atoms with Crippen LogP contribution in [-0.2, 0) is 4.79 Å². The van der Waals surface area contributed by atoms with E-state index in [2.05, 4.69) is 29.5 Å². The van der Waals surface area contributed by atoms with Gasteiger partial charge in [-0.05, 0) is 38.5 Å². The number of anilines is 1. The second-order valence-electron chi connectivity index (χ2n) is 8.72. The number of unbranched alkanes of at least 4 members (excludes halogenated alkanes) is 7. The van der Waals surface area contributed by atoms with E-state index >= 15 is 0 Å². The van der Waals surface area contributed by atoms with Crippen molar-refractivity contribution in [3.8, 4) is 0 Å². The maximum Gasteiger partial charge on any atom is 0.231 e. The number of allylic oxidation sites excluding steroid dienone is 1. The molecule has 2 rings (SSSR count). The Morgan fingerprint density at radius 2 is 1.93 bits per heavy atom. The van der Waals surface area contributed by atoms with Crippen molar-refractivity contribution in [2.45, 2.75) is 103 Å². The fourth-order valence-electron chi connectivity index (χ4n) is 4.36. The fourth-order valence-corrected chi connectivity index (χ4v) is 4.36. The normalized spacial score (nSPS) is 24.0. The summed E-state index contributed by atoms with van der Waals surface area (Å²) >= 11 is 0. The minimum Gasteiger partial charge on any atom is -0.393 e. The molecule has 30 heavy (non-hydrogen) atoms. The summed E-state index contributed by atoms with van der Waals surface area (Å²) < 4.78 is 4.99. The topological polar surface area (TPSA) is 95.6 Å². The van der Waals surface area contributed by atoms with Crippen LogP contribution in [0.5, 0.6) is 0 Å². The SMILES string of the molecule is CCCCCCC=CC1C(O)CC(O)C1CCCCCCC(=O)Nc1cc(C)no1. The molecule has 1 heterocycles. The first-order valence-corrected chi connectivity index (χ1v) is 11.8. The van der Waals surface area contributed by atoms with Gasteiger partial charge in [-0.1, -0.05) is 62.8 Å². The summed E-state index contributed by atoms with van der Waals surface area (Å²) in [4.78, 5) is 11.9. The third-order valence-electron chi connectivity index (χ3n) is 6.08. The molecule has 1 aromatic heterocycles. The Morgan fingerprint density at radius 3 is 2.67 bits per heavy atom. The minimum atomic E-state index is -0.430. The summed E-state index contributed by atoms with van der Waals surface area (Å²) in [6, 6.07) is 1.70. The lowest BCUT2D eigenvalue weighted by molar-refractivity contribution is -0.116. The molecule has 4 atom stereocenters. The van der Waals surface area contributed by atoms with E-state index in [4.69, 9.17) is 4.52 Å². The molecule has 1 aromatic rings. The molecule has 1 amide bonds. The van der Waals surface area contributed by atoms with Crippen LogP contribution in [0.3, 0.4) is 0 Å².